The van der Waals surface area contributed by atoms with E-state index < -0.39 is 0 Å². The highest BCUT2D eigenvalue weighted by atomic mass is 16.5. The van der Waals surface area contributed by atoms with E-state index in [-0.39, 0.29) is 0 Å². The van der Waals surface area contributed by atoms with Gasteiger partial charge in [0.25, 0.3) is 0 Å². The molecule has 1 aliphatic rings. The maximum Gasteiger partial charge on any atom is 0.191 e. The summed E-state index contributed by atoms with van der Waals surface area (Å²) >= 11 is 0. The maximum atomic E-state index is 5.85. The monoisotopic (exact) mass is 425 g/mol. The number of ether oxygens (including phenoxy) is 3. The molecule has 6 nitrogen and oxygen atoms in total. The molecular formula is C25H35N3O3. The number of hydrogen-bond donors (Lipinski definition) is 2. The number of nitrogens with zero attached hydrogens (tertiary/aromatic N) is 1. The Kier molecular flexibility index (Phi) is 10.4. The Hall–Kier alpha value is -2.41. The van der Waals surface area contributed by atoms with Crippen LogP contribution in [0.3, 0.4) is 0 Å². The molecule has 0 spiro atoms. The Morgan fingerprint density at radius 1 is 1.00 bits per heavy atom. The lowest BCUT2D eigenvalue weighted by Crippen LogP contribution is -2.37. The van der Waals surface area contributed by atoms with Crippen molar-refractivity contribution in [3.63, 3.8) is 0 Å². The standard InChI is InChI=1S/C25H35N3O3/c1-26-25(27-12-6-13-29-19-24-11-14-30-20-24)28-16-22-9-5-10-23(15-22)18-31-17-21-7-3-2-4-8-21/h2-5,7-10,15,24H,6,11-14,16-20H2,1H3,(H2,26,27,28). The van der Waals surface area contributed by atoms with Crippen molar-refractivity contribution >= 4 is 5.96 Å². The first-order chi connectivity index (χ1) is 15.3. The average Bonchev–Trinajstić information content (AvgIpc) is 3.33. The summed E-state index contributed by atoms with van der Waals surface area (Å²) in [4.78, 5) is 4.30. The predicted molar refractivity (Wildman–Crippen MR) is 124 cm³/mol. The summed E-state index contributed by atoms with van der Waals surface area (Å²) in [6, 6.07) is 18.7. The lowest BCUT2D eigenvalue weighted by molar-refractivity contribution is 0.0888. The van der Waals surface area contributed by atoms with E-state index in [0.717, 1.165) is 51.8 Å². The molecular weight excluding hydrogens is 390 g/mol. The van der Waals surface area contributed by atoms with Gasteiger partial charge in [0.15, 0.2) is 5.96 Å². The van der Waals surface area contributed by atoms with Gasteiger partial charge in [-0.1, -0.05) is 54.6 Å². The molecule has 1 atom stereocenters. The zero-order valence-corrected chi connectivity index (χ0v) is 18.5. The van der Waals surface area contributed by atoms with E-state index >= 15 is 0 Å². The lowest BCUT2D eigenvalue weighted by atomic mass is 10.1. The first-order valence-corrected chi connectivity index (χ1v) is 11.1. The zero-order valence-electron chi connectivity index (χ0n) is 18.5. The Morgan fingerprint density at radius 2 is 1.81 bits per heavy atom. The zero-order chi connectivity index (χ0) is 21.6. The highest BCUT2D eigenvalue weighted by Gasteiger charge is 2.15. The van der Waals surface area contributed by atoms with Crippen LogP contribution in [0.15, 0.2) is 59.6 Å². The average molecular weight is 426 g/mol. The number of guanidine groups is 1. The van der Waals surface area contributed by atoms with Crippen LogP contribution < -0.4 is 10.6 Å². The van der Waals surface area contributed by atoms with Gasteiger partial charge < -0.3 is 24.8 Å². The van der Waals surface area contributed by atoms with Crippen LogP contribution in [0.1, 0.15) is 29.5 Å². The molecule has 2 aromatic rings. The second kappa shape index (κ2) is 13.8. The van der Waals surface area contributed by atoms with Crippen molar-refractivity contribution in [2.45, 2.75) is 32.6 Å². The minimum atomic E-state index is 0.571. The summed E-state index contributed by atoms with van der Waals surface area (Å²) in [6.45, 7) is 6.04. The van der Waals surface area contributed by atoms with E-state index in [1.807, 2.05) is 18.2 Å². The second-order valence-corrected chi connectivity index (χ2v) is 7.81. The molecule has 0 radical (unpaired) electrons. The second-order valence-electron chi connectivity index (χ2n) is 7.81. The minimum Gasteiger partial charge on any atom is -0.381 e. The largest absolute Gasteiger partial charge is 0.381 e. The van der Waals surface area contributed by atoms with Crippen LogP contribution in [0.4, 0.5) is 0 Å². The van der Waals surface area contributed by atoms with Crippen molar-refractivity contribution < 1.29 is 14.2 Å². The van der Waals surface area contributed by atoms with Crippen LogP contribution in [-0.2, 0) is 34.0 Å². The van der Waals surface area contributed by atoms with Gasteiger partial charge in [0.1, 0.15) is 0 Å². The maximum absolute atomic E-state index is 5.85. The van der Waals surface area contributed by atoms with Gasteiger partial charge in [-0.3, -0.25) is 4.99 Å². The molecule has 2 aromatic carbocycles. The SMILES string of the molecule is CN=C(NCCCOCC1CCOC1)NCc1cccc(COCc2ccccc2)c1. The van der Waals surface area contributed by atoms with E-state index in [1.165, 1.54) is 16.7 Å². The first-order valence-electron chi connectivity index (χ1n) is 11.1. The van der Waals surface area contributed by atoms with Crippen molar-refractivity contribution in [1.82, 2.24) is 10.6 Å². The van der Waals surface area contributed by atoms with Gasteiger partial charge in [-0.2, -0.15) is 0 Å². The van der Waals surface area contributed by atoms with E-state index in [1.54, 1.807) is 7.05 Å². The van der Waals surface area contributed by atoms with Gasteiger partial charge in [0.2, 0.25) is 0 Å². The fraction of sp³-hybridized carbons (Fsp3) is 0.480. The summed E-state index contributed by atoms with van der Waals surface area (Å²) in [7, 11) is 1.79. The molecule has 0 aliphatic carbocycles. The molecule has 1 fully saturated rings. The first kappa shape index (κ1) is 23.3. The van der Waals surface area contributed by atoms with Gasteiger partial charge in [-0.25, -0.2) is 0 Å². The molecule has 1 saturated heterocycles. The molecule has 0 aromatic heterocycles. The van der Waals surface area contributed by atoms with Gasteiger partial charge >= 0.3 is 0 Å². The van der Waals surface area contributed by atoms with Crippen LogP contribution in [0.5, 0.6) is 0 Å². The van der Waals surface area contributed by atoms with Crippen LogP contribution >= 0.6 is 0 Å². The molecule has 6 heteroatoms. The molecule has 1 heterocycles. The van der Waals surface area contributed by atoms with Crippen molar-refractivity contribution in [2.75, 3.05) is 40.0 Å². The van der Waals surface area contributed by atoms with Crippen LogP contribution in [0.25, 0.3) is 0 Å². The fourth-order valence-electron chi connectivity index (χ4n) is 3.44. The molecule has 0 saturated carbocycles. The van der Waals surface area contributed by atoms with Crippen molar-refractivity contribution in [3.8, 4) is 0 Å². The number of hydrogen-bond acceptors (Lipinski definition) is 4. The highest BCUT2D eigenvalue weighted by molar-refractivity contribution is 5.79. The molecule has 31 heavy (non-hydrogen) atoms. The summed E-state index contributed by atoms with van der Waals surface area (Å²) in [5.74, 6) is 1.37. The predicted octanol–water partition coefficient (Wildman–Crippen LogP) is 3.51. The number of aliphatic imine (C=N–C) groups is 1. The number of nitrogens with one attached hydrogen (secondary N) is 2. The molecule has 2 N–H and O–H groups in total. The third kappa shape index (κ3) is 9.09. The number of benzene rings is 2. The van der Waals surface area contributed by atoms with E-state index in [2.05, 4.69) is 52.0 Å². The van der Waals surface area contributed by atoms with Crippen molar-refractivity contribution in [3.05, 3.63) is 71.3 Å². The van der Waals surface area contributed by atoms with E-state index in [4.69, 9.17) is 14.2 Å². The van der Waals surface area contributed by atoms with E-state index in [0.29, 0.717) is 25.7 Å². The normalized spacial score (nSPS) is 16.4. The highest BCUT2D eigenvalue weighted by Crippen LogP contribution is 2.12. The van der Waals surface area contributed by atoms with Gasteiger partial charge in [0, 0.05) is 39.3 Å². The minimum absolute atomic E-state index is 0.571. The molecule has 0 bridgehead atoms. The lowest BCUT2D eigenvalue weighted by Gasteiger charge is -2.13. The third-order valence-electron chi connectivity index (χ3n) is 5.19. The Morgan fingerprint density at radius 3 is 2.61 bits per heavy atom. The summed E-state index contributed by atoms with van der Waals surface area (Å²) in [5, 5.41) is 6.72. The molecule has 1 unspecified atom stereocenters. The van der Waals surface area contributed by atoms with Gasteiger partial charge in [-0.05, 0) is 29.5 Å². The third-order valence-corrected chi connectivity index (χ3v) is 5.19. The fourth-order valence-corrected chi connectivity index (χ4v) is 3.44. The molecule has 1 aliphatic heterocycles. The Labute approximate surface area is 186 Å². The molecule has 168 valence electrons. The summed E-state index contributed by atoms with van der Waals surface area (Å²) < 4.78 is 17.0. The van der Waals surface area contributed by atoms with E-state index in [9.17, 15) is 0 Å². The quantitative estimate of drug-likeness (QED) is 0.310. The smallest absolute Gasteiger partial charge is 0.191 e. The van der Waals surface area contributed by atoms with Gasteiger partial charge in [0.05, 0.1) is 26.4 Å². The Balaban J connectivity index is 1.30. The van der Waals surface area contributed by atoms with Crippen molar-refractivity contribution in [1.29, 1.82) is 0 Å². The number of rotatable bonds is 12. The van der Waals surface area contributed by atoms with Crippen LogP contribution in [0, 0.1) is 5.92 Å². The Bertz CT molecular complexity index is 777. The summed E-state index contributed by atoms with van der Waals surface area (Å²) in [5.41, 5.74) is 3.56. The molecule has 0 amide bonds. The van der Waals surface area contributed by atoms with Crippen molar-refractivity contribution in [2.24, 2.45) is 10.9 Å². The molecule has 3 rings (SSSR count). The van der Waals surface area contributed by atoms with Gasteiger partial charge in [-0.15, -0.1) is 0 Å². The van der Waals surface area contributed by atoms with Crippen LogP contribution in [0.2, 0.25) is 0 Å². The van der Waals surface area contributed by atoms with Crippen LogP contribution in [-0.4, -0.2) is 46.0 Å². The topological polar surface area (TPSA) is 64.1 Å². The summed E-state index contributed by atoms with van der Waals surface area (Å²) in [6.07, 6.45) is 2.07.